The van der Waals surface area contributed by atoms with Crippen LogP contribution in [0.1, 0.15) is 11.1 Å². The summed E-state index contributed by atoms with van der Waals surface area (Å²) in [5, 5.41) is 0. The van der Waals surface area contributed by atoms with Gasteiger partial charge in [0.25, 0.3) is 0 Å². The van der Waals surface area contributed by atoms with E-state index in [1.54, 1.807) is 32.4 Å². The van der Waals surface area contributed by atoms with Crippen LogP contribution in [0.2, 0.25) is 0 Å². The molecule has 0 aromatic heterocycles. The topological polar surface area (TPSA) is 44.8 Å². The fourth-order valence-electron chi connectivity index (χ4n) is 2.34. The van der Waals surface area contributed by atoms with Crippen molar-refractivity contribution in [2.75, 3.05) is 14.2 Å². The number of esters is 1. The molecule has 0 saturated carbocycles. The molecule has 0 aliphatic carbocycles. The predicted molar refractivity (Wildman–Crippen MR) is 88.0 cm³/mol. The van der Waals surface area contributed by atoms with Gasteiger partial charge in [-0.25, -0.2) is 4.79 Å². The fraction of sp³-hybridized carbons (Fsp3) is 0.105. The van der Waals surface area contributed by atoms with Gasteiger partial charge in [0.2, 0.25) is 0 Å². The molecule has 0 atom stereocenters. The highest BCUT2D eigenvalue weighted by Crippen LogP contribution is 2.31. The number of carbonyl (C=O) groups excluding carboxylic acids is 1. The van der Waals surface area contributed by atoms with Crippen molar-refractivity contribution in [1.82, 2.24) is 0 Å². The van der Waals surface area contributed by atoms with E-state index in [9.17, 15) is 4.79 Å². The summed E-state index contributed by atoms with van der Waals surface area (Å²) in [5.74, 6) is 1.50. The van der Waals surface area contributed by atoms with Gasteiger partial charge in [-0.15, -0.1) is 0 Å². The van der Waals surface area contributed by atoms with Crippen molar-refractivity contribution in [1.29, 1.82) is 0 Å². The first-order valence-corrected chi connectivity index (χ1v) is 7.14. The lowest BCUT2D eigenvalue weighted by Gasteiger charge is -2.07. The standard InChI is InChI=1S/C19H16O4/c1-21-16-9-8-14(17(12-16)22-2)10-15-11-18(23-19(15)20)13-6-4-3-5-7-13/h3-12H,1-2H3. The molecule has 4 nitrogen and oxygen atoms in total. The molecule has 3 rings (SSSR count). The average Bonchev–Trinajstić information content (AvgIpc) is 2.97. The molecule has 0 fully saturated rings. The Balaban J connectivity index is 1.96. The Hall–Kier alpha value is -3.01. The molecule has 2 aromatic rings. The van der Waals surface area contributed by atoms with Crippen LogP contribution in [-0.2, 0) is 9.53 Å². The van der Waals surface area contributed by atoms with Crippen molar-refractivity contribution in [2.24, 2.45) is 0 Å². The molecule has 0 spiro atoms. The molecular weight excluding hydrogens is 292 g/mol. The second-order valence-corrected chi connectivity index (χ2v) is 4.97. The van der Waals surface area contributed by atoms with Crippen LogP contribution in [0, 0.1) is 0 Å². The van der Waals surface area contributed by atoms with E-state index in [2.05, 4.69) is 0 Å². The summed E-state index contributed by atoms with van der Waals surface area (Å²) < 4.78 is 15.9. The number of carbonyl (C=O) groups is 1. The van der Waals surface area contributed by atoms with E-state index in [0.717, 1.165) is 11.1 Å². The number of rotatable bonds is 4. The van der Waals surface area contributed by atoms with Crippen molar-refractivity contribution in [3.8, 4) is 11.5 Å². The average molecular weight is 308 g/mol. The normalized spacial score (nSPS) is 15.3. The van der Waals surface area contributed by atoms with Crippen LogP contribution in [0.15, 0.2) is 60.2 Å². The highest BCUT2D eigenvalue weighted by atomic mass is 16.5. The maximum Gasteiger partial charge on any atom is 0.343 e. The Labute approximate surface area is 134 Å². The quantitative estimate of drug-likeness (QED) is 0.638. The Morgan fingerprint density at radius 2 is 1.78 bits per heavy atom. The molecule has 1 heterocycles. The largest absolute Gasteiger partial charge is 0.497 e. The van der Waals surface area contributed by atoms with Crippen molar-refractivity contribution < 1.29 is 19.0 Å². The molecule has 1 aliphatic rings. The summed E-state index contributed by atoms with van der Waals surface area (Å²) in [6.45, 7) is 0. The summed E-state index contributed by atoms with van der Waals surface area (Å²) in [4.78, 5) is 12.1. The van der Waals surface area contributed by atoms with Crippen molar-refractivity contribution >= 4 is 17.8 Å². The van der Waals surface area contributed by atoms with Crippen LogP contribution in [0.4, 0.5) is 0 Å². The lowest BCUT2D eigenvalue weighted by molar-refractivity contribution is -0.130. The number of ether oxygens (including phenoxy) is 3. The summed E-state index contributed by atoms with van der Waals surface area (Å²) >= 11 is 0. The lowest BCUT2D eigenvalue weighted by Crippen LogP contribution is -1.97. The van der Waals surface area contributed by atoms with Gasteiger partial charge >= 0.3 is 5.97 Å². The number of methoxy groups -OCH3 is 2. The SMILES string of the molecule is COc1ccc(C=C2C=C(c3ccccc3)OC2=O)c(OC)c1. The molecule has 2 aromatic carbocycles. The van der Waals surface area contributed by atoms with Gasteiger partial charge in [0.05, 0.1) is 19.8 Å². The second kappa shape index (κ2) is 6.40. The summed E-state index contributed by atoms with van der Waals surface area (Å²) in [6.07, 6.45) is 3.48. The fourth-order valence-corrected chi connectivity index (χ4v) is 2.34. The van der Waals surface area contributed by atoms with Gasteiger partial charge < -0.3 is 14.2 Å². The van der Waals surface area contributed by atoms with E-state index in [4.69, 9.17) is 14.2 Å². The Morgan fingerprint density at radius 1 is 1.00 bits per heavy atom. The van der Waals surface area contributed by atoms with Gasteiger partial charge in [0, 0.05) is 17.2 Å². The van der Waals surface area contributed by atoms with Crippen molar-refractivity contribution in [3.05, 3.63) is 71.3 Å². The third-order valence-electron chi connectivity index (χ3n) is 3.53. The molecule has 23 heavy (non-hydrogen) atoms. The summed E-state index contributed by atoms with van der Waals surface area (Å²) in [7, 11) is 3.17. The minimum Gasteiger partial charge on any atom is -0.497 e. The molecule has 116 valence electrons. The lowest BCUT2D eigenvalue weighted by atomic mass is 10.1. The molecule has 0 radical (unpaired) electrons. The van der Waals surface area contributed by atoms with E-state index in [1.807, 2.05) is 42.5 Å². The zero-order valence-corrected chi connectivity index (χ0v) is 12.9. The zero-order valence-electron chi connectivity index (χ0n) is 12.9. The predicted octanol–water partition coefficient (Wildman–Crippen LogP) is 3.69. The van der Waals surface area contributed by atoms with Crippen LogP contribution in [0.3, 0.4) is 0 Å². The molecule has 1 aliphatic heterocycles. The molecule has 0 amide bonds. The highest BCUT2D eigenvalue weighted by molar-refractivity contribution is 6.05. The van der Waals surface area contributed by atoms with Crippen molar-refractivity contribution in [2.45, 2.75) is 0 Å². The monoisotopic (exact) mass is 308 g/mol. The summed E-state index contributed by atoms with van der Waals surface area (Å²) in [5.41, 5.74) is 2.13. The highest BCUT2D eigenvalue weighted by Gasteiger charge is 2.22. The zero-order chi connectivity index (χ0) is 16.2. The first-order chi connectivity index (χ1) is 11.2. The Bertz CT molecular complexity index is 788. The molecule has 0 unspecified atom stereocenters. The maximum absolute atomic E-state index is 12.1. The Morgan fingerprint density at radius 3 is 2.48 bits per heavy atom. The molecule has 0 bridgehead atoms. The summed E-state index contributed by atoms with van der Waals surface area (Å²) in [6, 6.07) is 14.9. The van der Waals surface area contributed by atoms with Crippen LogP contribution in [-0.4, -0.2) is 20.2 Å². The first-order valence-electron chi connectivity index (χ1n) is 7.14. The van der Waals surface area contributed by atoms with Crippen LogP contribution in [0.5, 0.6) is 11.5 Å². The molecule has 0 N–H and O–H groups in total. The van der Waals surface area contributed by atoms with E-state index < -0.39 is 0 Å². The number of hydrogen-bond donors (Lipinski definition) is 0. The van der Waals surface area contributed by atoms with Crippen LogP contribution < -0.4 is 9.47 Å². The molecule has 0 saturated heterocycles. The van der Waals surface area contributed by atoms with Gasteiger partial charge in [-0.3, -0.25) is 0 Å². The minimum atomic E-state index is -0.373. The van der Waals surface area contributed by atoms with Gasteiger partial charge in [-0.2, -0.15) is 0 Å². The van der Waals surface area contributed by atoms with Gasteiger partial charge in [0.1, 0.15) is 17.3 Å². The van der Waals surface area contributed by atoms with E-state index >= 15 is 0 Å². The minimum absolute atomic E-state index is 0.373. The van der Waals surface area contributed by atoms with E-state index in [-0.39, 0.29) is 5.97 Å². The Kier molecular flexibility index (Phi) is 4.15. The van der Waals surface area contributed by atoms with E-state index in [0.29, 0.717) is 22.8 Å². The second-order valence-electron chi connectivity index (χ2n) is 4.97. The first kappa shape index (κ1) is 14.9. The maximum atomic E-state index is 12.1. The molecular formula is C19H16O4. The number of hydrogen-bond acceptors (Lipinski definition) is 4. The molecule has 4 heteroatoms. The van der Waals surface area contributed by atoms with Crippen LogP contribution in [0.25, 0.3) is 11.8 Å². The number of benzene rings is 2. The van der Waals surface area contributed by atoms with Gasteiger partial charge in [0.15, 0.2) is 0 Å². The van der Waals surface area contributed by atoms with Crippen LogP contribution >= 0.6 is 0 Å². The third kappa shape index (κ3) is 3.11. The third-order valence-corrected chi connectivity index (χ3v) is 3.53. The number of cyclic esters (lactones) is 1. The smallest absolute Gasteiger partial charge is 0.343 e. The van der Waals surface area contributed by atoms with Gasteiger partial charge in [-0.05, 0) is 24.3 Å². The van der Waals surface area contributed by atoms with Crippen molar-refractivity contribution in [3.63, 3.8) is 0 Å². The van der Waals surface area contributed by atoms with E-state index in [1.165, 1.54) is 0 Å². The van der Waals surface area contributed by atoms with Gasteiger partial charge in [-0.1, -0.05) is 30.3 Å².